The second-order valence-electron chi connectivity index (χ2n) is 5.56. The maximum atomic E-state index is 14.6. The second kappa shape index (κ2) is 6.68. The third-order valence-corrected chi connectivity index (χ3v) is 5.41. The van der Waals surface area contributed by atoms with E-state index in [1.54, 1.807) is 24.5 Å². The lowest BCUT2D eigenvalue weighted by Gasteiger charge is -2.34. The monoisotopic (exact) mass is 452 g/mol. The normalized spacial score (nSPS) is 18.5. The van der Waals surface area contributed by atoms with Crippen LogP contribution in [0.5, 0.6) is 0 Å². The molecule has 0 spiro atoms. The van der Waals surface area contributed by atoms with E-state index in [2.05, 4.69) is 31.3 Å². The van der Waals surface area contributed by atoms with Gasteiger partial charge in [-0.3, -0.25) is 15.1 Å². The van der Waals surface area contributed by atoms with E-state index in [1.807, 2.05) is 6.07 Å². The number of fused-ring (bicyclic) bond motifs is 2. The summed E-state index contributed by atoms with van der Waals surface area (Å²) in [6, 6.07) is 9.81. The average Bonchev–Trinajstić information content (AvgIpc) is 2.61. The van der Waals surface area contributed by atoms with Crippen molar-refractivity contribution in [3.05, 3.63) is 67.9 Å². The summed E-state index contributed by atoms with van der Waals surface area (Å²) in [6.45, 7) is 0. The van der Waals surface area contributed by atoms with Gasteiger partial charge in [-0.05, 0) is 36.6 Å². The van der Waals surface area contributed by atoms with Crippen LogP contribution in [0.1, 0.15) is 11.7 Å². The Hall–Kier alpha value is -1.90. The summed E-state index contributed by atoms with van der Waals surface area (Å²) in [6.07, 6.45) is 0.918. The van der Waals surface area contributed by atoms with Gasteiger partial charge in [-0.2, -0.15) is 0 Å². The Morgan fingerprint density at radius 2 is 2.15 bits per heavy atom. The lowest BCUT2D eigenvalue weighted by Crippen LogP contribution is -2.50. The molecule has 0 saturated heterocycles. The highest BCUT2D eigenvalue weighted by atomic mass is 79.9. The Morgan fingerprint density at radius 3 is 2.88 bits per heavy atom. The first-order chi connectivity index (χ1) is 12.5. The molecular weight excluding hydrogens is 443 g/mol. The van der Waals surface area contributed by atoms with Gasteiger partial charge in [0.25, 0.3) is 5.91 Å². The highest BCUT2D eigenvalue weighted by Crippen LogP contribution is 2.35. The van der Waals surface area contributed by atoms with Gasteiger partial charge in [0.15, 0.2) is 11.3 Å². The quantitative estimate of drug-likeness (QED) is 0.722. The number of halogens is 3. The highest BCUT2D eigenvalue weighted by molar-refractivity contribution is 9.10. The van der Waals surface area contributed by atoms with Crippen LogP contribution in [0.4, 0.5) is 4.39 Å². The number of amides is 1. The highest BCUT2D eigenvalue weighted by Gasteiger charge is 2.36. The van der Waals surface area contributed by atoms with Crippen LogP contribution >= 0.6 is 39.3 Å². The molecule has 1 atom stereocenters. The lowest BCUT2D eigenvalue weighted by atomic mass is 10.1. The molecule has 0 aliphatic carbocycles. The van der Waals surface area contributed by atoms with E-state index in [4.69, 9.17) is 11.6 Å². The molecule has 132 valence electrons. The number of nitrogens with zero attached hydrogens (tertiary/aromatic N) is 3. The predicted molar refractivity (Wildman–Crippen MR) is 103 cm³/mol. The maximum absolute atomic E-state index is 14.6. The minimum absolute atomic E-state index is 0.180. The summed E-state index contributed by atoms with van der Waals surface area (Å²) in [7, 11) is 0. The van der Waals surface area contributed by atoms with Crippen LogP contribution < -0.4 is 15.9 Å². The van der Waals surface area contributed by atoms with E-state index in [1.165, 1.54) is 28.9 Å². The molecule has 26 heavy (non-hydrogen) atoms. The van der Waals surface area contributed by atoms with Crippen molar-refractivity contribution in [2.24, 2.45) is 10.1 Å². The van der Waals surface area contributed by atoms with Gasteiger partial charge >= 0.3 is 0 Å². The fourth-order valence-corrected chi connectivity index (χ4v) is 3.87. The smallest absolute Gasteiger partial charge is 0.276 e. The Balaban J connectivity index is 2.06. The largest absolute Gasteiger partial charge is 0.298 e. The molecule has 1 N–H and O–H groups in total. The van der Waals surface area contributed by atoms with Crippen LogP contribution in [0.15, 0.2) is 51.0 Å². The fraction of sp³-hybridized carbons (Fsp3) is 0.118. The summed E-state index contributed by atoms with van der Waals surface area (Å²) in [5.74, 6) is -0.825. The molecule has 5 nitrogen and oxygen atoms in total. The van der Waals surface area contributed by atoms with Crippen LogP contribution in [-0.4, -0.2) is 22.3 Å². The molecule has 2 aliphatic rings. The summed E-state index contributed by atoms with van der Waals surface area (Å²) in [5.41, 5.74) is 0.484. The van der Waals surface area contributed by atoms with Crippen LogP contribution in [0.2, 0.25) is 5.02 Å². The van der Waals surface area contributed by atoms with Gasteiger partial charge in [0, 0.05) is 9.69 Å². The zero-order valence-electron chi connectivity index (χ0n) is 13.3. The van der Waals surface area contributed by atoms with Crippen molar-refractivity contribution < 1.29 is 9.18 Å². The molecule has 0 fully saturated rings. The van der Waals surface area contributed by atoms with Crippen LogP contribution in [0.3, 0.4) is 0 Å². The number of rotatable bonds is 1. The molecule has 2 aromatic rings. The molecule has 0 unspecified atom stereocenters. The minimum atomic E-state index is -0.874. The number of amidine groups is 1. The maximum Gasteiger partial charge on any atom is 0.276 e. The van der Waals surface area contributed by atoms with Crippen molar-refractivity contribution in [3.63, 3.8) is 0 Å². The first-order valence-electron chi connectivity index (χ1n) is 7.54. The van der Waals surface area contributed by atoms with Crippen molar-refractivity contribution in [2.45, 2.75) is 6.17 Å². The third kappa shape index (κ3) is 2.82. The molecule has 0 radical (unpaired) electrons. The summed E-state index contributed by atoms with van der Waals surface area (Å²) in [4.78, 5) is 17.4. The topological polar surface area (TPSA) is 57.1 Å². The van der Waals surface area contributed by atoms with Crippen molar-refractivity contribution in [1.82, 2.24) is 10.3 Å². The average molecular weight is 454 g/mol. The molecular formula is C17H11BrClFN4OS. The minimum Gasteiger partial charge on any atom is -0.298 e. The van der Waals surface area contributed by atoms with E-state index in [9.17, 15) is 9.18 Å². The van der Waals surface area contributed by atoms with Crippen LogP contribution in [-0.2, 0) is 4.79 Å². The van der Waals surface area contributed by atoms with Gasteiger partial charge in [0.05, 0.1) is 15.9 Å². The molecule has 4 rings (SSSR count). The number of hydrogen-bond acceptors (Lipinski definition) is 5. The van der Waals surface area contributed by atoms with Crippen LogP contribution in [0.25, 0.3) is 5.70 Å². The van der Waals surface area contributed by atoms with Gasteiger partial charge in [0.1, 0.15) is 11.5 Å². The van der Waals surface area contributed by atoms with Crippen molar-refractivity contribution >= 4 is 56.1 Å². The Bertz CT molecular complexity index is 1070. The van der Waals surface area contributed by atoms with E-state index in [-0.39, 0.29) is 16.5 Å². The molecule has 0 saturated carbocycles. The Kier molecular flexibility index (Phi) is 4.50. The van der Waals surface area contributed by atoms with Gasteiger partial charge in [0.2, 0.25) is 0 Å². The molecule has 1 amide bonds. The van der Waals surface area contributed by atoms with Gasteiger partial charge in [-0.15, -0.1) is 5.10 Å². The van der Waals surface area contributed by atoms with Gasteiger partial charge in [-0.25, -0.2) is 9.40 Å². The SMILES string of the molecule is CSC1=NN2C(=c3cc(Br)ccc3=N[C@H]2c2c(F)cccc2Cl)C(=O)N1. The molecule has 9 heteroatoms. The number of benzene rings is 2. The molecule has 0 aromatic heterocycles. The van der Waals surface area contributed by atoms with E-state index in [0.29, 0.717) is 21.4 Å². The lowest BCUT2D eigenvalue weighted by molar-refractivity contribution is -0.116. The molecule has 0 bridgehead atoms. The van der Waals surface area contributed by atoms with Crippen molar-refractivity contribution in [1.29, 1.82) is 0 Å². The third-order valence-electron chi connectivity index (χ3n) is 4.02. The first kappa shape index (κ1) is 17.5. The first-order valence-corrected chi connectivity index (χ1v) is 9.94. The summed E-state index contributed by atoms with van der Waals surface area (Å²) < 4.78 is 15.4. The van der Waals surface area contributed by atoms with E-state index in [0.717, 1.165) is 4.47 Å². The van der Waals surface area contributed by atoms with E-state index < -0.39 is 12.0 Å². The number of carbonyl (C=O) groups is 1. The second-order valence-corrected chi connectivity index (χ2v) is 7.67. The zero-order valence-corrected chi connectivity index (χ0v) is 16.5. The summed E-state index contributed by atoms with van der Waals surface area (Å²) >= 11 is 10.9. The van der Waals surface area contributed by atoms with Crippen molar-refractivity contribution in [3.8, 4) is 0 Å². The predicted octanol–water partition coefficient (Wildman–Crippen LogP) is 2.75. The van der Waals surface area contributed by atoms with Gasteiger partial charge in [-0.1, -0.05) is 45.4 Å². The van der Waals surface area contributed by atoms with Gasteiger partial charge < -0.3 is 0 Å². The number of carbonyl (C=O) groups excluding carboxylic acids is 1. The van der Waals surface area contributed by atoms with E-state index >= 15 is 0 Å². The molecule has 2 aromatic carbocycles. The number of hydrazone groups is 1. The van der Waals surface area contributed by atoms with Crippen molar-refractivity contribution in [2.75, 3.05) is 6.26 Å². The van der Waals surface area contributed by atoms with Crippen LogP contribution in [0, 0.1) is 5.82 Å². The fourth-order valence-electron chi connectivity index (χ4n) is 2.89. The summed E-state index contributed by atoms with van der Waals surface area (Å²) in [5, 5.41) is 10.4. The standard InChI is InChI=1S/C17H11BrClFN4OS/c1-26-17-22-16(25)14-9-7-8(18)5-6-12(9)21-15(24(14)23-17)13-10(19)3-2-4-11(13)20/h2-7,15H,1H3,(H,22,23,25)/t15-/m1/s1. The molecule has 2 aliphatic heterocycles. The number of nitrogens with one attached hydrogen (secondary N) is 1. The Labute approximate surface area is 165 Å². The molecule has 2 heterocycles. The zero-order chi connectivity index (χ0) is 18.4. The number of hydrogen-bond donors (Lipinski definition) is 1. The Morgan fingerprint density at radius 1 is 1.35 bits per heavy atom. The number of thioether (sulfide) groups is 1.